The van der Waals surface area contributed by atoms with E-state index in [1.807, 2.05) is 0 Å². The molecule has 1 aliphatic heterocycles. The van der Waals surface area contributed by atoms with Crippen molar-refractivity contribution in [3.63, 3.8) is 0 Å². The highest BCUT2D eigenvalue weighted by Crippen LogP contribution is 2.28. The number of nitrogens with zero attached hydrogens (tertiary/aromatic N) is 1. The minimum absolute atomic E-state index is 0.0938. The lowest BCUT2D eigenvalue weighted by Gasteiger charge is -2.06. The first kappa shape index (κ1) is 8.04. The number of allylic oxidation sites excluding steroid dienone is 3. The third-order valence-electron chi connectivity index (χ3n) is 1.24. The van der Waals surface area contributed by atoms with E-state index in [4.69, 9.17) is 0 Å². The maximum absolute atomic E-state index is 11.9. The number of hydrogen-bond donors (Lipinski definition) is 0. The molecule has 0 amide bonds. The molecule has 0 aromatic rings. The van der Waals surface area contributed by atoms with Crippen molar-refractivity contribution >= 4 is 6.21 Å². The number of halogens is 3. The highest BCUT2D eigenvalue weighted by Gasteiger charge is 2.32. The molecule has 4 heteroatoms. The summed E-state index contributed by atoms with van der Waals surface area (Å²) < 4.78 is 35.8. The fourth-order valence-electron chi connectivity index (χ4n) is 0.680. The van der Waals surface area contributed by atoms with Crippen molar-refractivity contribution in [1.29, 1.82) is 0 Å². The molecule has 0 saturated carbocycles. The van der Waals surface area contributed by atoms with E-state index < -0.39 is 11.7 Å². The average molecular weight is 161 g/mol. The van der Waals surface area contributed by atoms with Crippen molar-refractivity contribution in [2.24, 2.45) is 4.99 Å². The van der Waals surface area contributed by atoms with Crippen LogP contribution in [0.4, 0.5) is 13.2 Å². The quantitative estimate of drug-likeness (QED) is 0.517. The fraction of sp³-hybridized carbons (Fsp3) is 0.286. The molecule has 60 valence electrons. The predicted octanol–water partition coefficient (Wildman–Crippen LogP) is 2.46. The summed E-state index contributed by atoms with van der Waals surface area (Å²) in [6.45, 7) is 0. The van der Waals surface area contributed by atoms with E-state index in [2.05, 4.69) is 4.99 Å². The Bertz CT molecular complexity index is 222. The van der Waals surface area contributed by atoms with Crippen LogP contribution in [0.2, 0.25) is 0 Å². The number of alkyl halides is 3. The minimum atomic E-state index is -4.24. The van der Waals surface area contributed by atoms with E-state index in [-0.39, 0.29) is 6.42 Å². The summed E-state index contributed by atoms with van der Waals surface area (Å²) in [4.78, 5) is 3.42. The van der Waals surface area contributed by atoms with E-state index in [1.165, 1.54) is 18.4 Å². The Hall–Kier alpha value is -1.06. The van der Waals surface area contributed by atoms with Crippen LogP contribution in [-0.2, 0) is 0 Å². The standard InChI is InChI=1S/C7H6F3N/c8-7(9,10)6-3-1-2-4-11-5-6/h1-2,4-5H,3H2. The highest BCUT2D eigenvalue weighted by molar-refractivity contribution is 5.72. The van der Waals surface area contributed by atoms with Crippen LogP contribution in [0.5, 0.6) is 0 Å². The van der Waals surface area contributed by atoms with Gasteiger partial charge in [-0.25, -0.2) is 0 Å². The Balaban J connectivity index is 2.81. The summed E-state index contributed by atoms with van der Waals surface area (Å²) in [7, 11) is 0. The molecule has 0 spiro atoms. The van der Waals surface area contributed by atoms with Gasteiger partial charge in [0.1, 0.15) is 0 Å². The molecule has 0 aliphatic carbocycles. The van der Waals surface area contributed by atoms with Crippen molar-refractivity contribution in [1.82, 2.24) is 0 Å². The van der Waals surface area contributed by atoms with Crippen LogP contribution in [-0.4, -0.2) is 12.4 Å². The maximum atomic E-state index is 11.9. The van der Waals surface area contributed by atoms with E-state index >= 15 is 0 Å². The Kier molecular flexibility index (Phi) is 2.12. The third kappa shape index (κ3) is 2.22. The van der Waals surface area contributed by atoms with Gasteiger partial charge in [-0.05, 0) is 12.5 Å². The highest BCUT2D eigenvalue weighted by atomic mass is 19.4. The van der Waals surface area contributed by atoms with Gasteiger partial charge in [0.05, 0.1) is 5.57 Å². The topological polar surface area (TPSA) is 12.4 Å². The zero-order valence-electron chi connectivity index (χ0n) is 5.60. The summed E-state index contributed by atoms with van der Waals surface area (Å²) in [6.07, 6.45) is 0.763. The zero-order chi connectivity index (χ0) is 8.32. The largest absolute Gasteiger partial charge is 0.414 e. The molecule has 0 bridgehead atoms. The maximum Gasteiger partial charge on any atom is 0.414 e. The van der Waals surface area contributed by atoms with E-state index in [0.717, 1.165) is 6.20 Å². The van der Waals surface area contributed by atoms with Crippen LogP contribution >= 0.6 is 0 Å². The molecule has 1 heterocycles. The summed E-state index contributed by atoms with van der Waals surface area (Å²) in [5, 5.41) is 0. The Morgan fingerprint density at radius 3 is 2.73 bits per heavy atom. The van der Waals surface area contributed by atoms with Crippen molar-refractivity contribution in [3.05, 3.63) is 23.9 Å². The Labute approximate surface area is 61.9 Å². The van der Waals surface area contributed by atoms with Gasteiger partial charge in [-0.3, -0.25) is 4.99 Å². The second-order valence-electron chi connectivity index (χ2n) is 2.08. The lowest BCUT2D eigenvalue weighted by Crippen LogP contribution is -2.10. The molecule has 11 heavy (non-hydrogen) atoms. The van der Waals surface area contributed by atoms with Crippen molar-refractivity contribution in [3.8, 4) is 0 Å². The van der Waals surface area contributed by atoms with Gasteiger partial charge in [0, 0.05) is 12.4 Å². The summed E-state index contributed by atoms with van der Waals surface area (Å²) in [6, 6.07) is 0. The van der Waals surface area contributed by atoms with Gasteiger partial charge < -0.3 is 0 Å². The first-order valence-corrected chi connectivity index (χ1v) is 3.05. The summed E-state index contributed by atoms with van der Waals surface area (Å²) >= 11 is 0. The Morgan fingerprint density at radius 1 is 1.36 bits per heavy atom. The van der Waals surface area contributed by atoms with Gasteiger partial charge >= 0.3 is 6.18 Å². The second kappa shape index (κ2) is 2.90. The van der Waals surface area contributed by atoms with Crippen LogP contribution < -0.4 is 0 Å². The predicted molar refractivity (Wildman–Crippen MR) is 36.4 cm³/mol. The number of rotatable bonds is 0. The lowest BCUT2D eigenvalue weighted by atomic mass is 10.2. The monoisotopic (exact) mass is 161 g/mol. The van der Waals surface area contributed by atoms with Gasteiger partial charge in [0.2, 0.25) is 0 Å². The molecule has 0 aromatic carbocycles. The van der Waals surface area contributed by atoms with Crippen LogP contribution in [0, 0.1) is 0 Å². The van der Waals surface area contributed by atoms with Gasteiger partial charge in [0.25, 0.3) is 0 Å². The van der Waals surface area contributed by atoms with Crippen molar-refractivity contribution < 1.29 is 13.2 Å². The second-order valence-corrected chi connectivity index (χ2v) is 2.08. The molecule has 1 nitrogen and oxygen atoms in total. The smallest absolute Gasteiger partial charge is 0.264 e. The lowest BCUT2D eigenvalue weighted by molar-refractivity contribution is -0.0930. The molecular formula is C7H6F3N. The van der Waals surface area contributed by atoms with Crippen LogP contribution in [0.3, 0.4) is 0 Å². The van der Waals surface area contributed by atoms with Crippen LogP contribution in [0.1, 0.15) is 6.42 Å². The number of hydrogen-bond acceptors (Lipinski definition) is 1. The summed E-state index contributed by atoms with van der Waals surface area (Å²) in [5.41, 5.74) is -0.609. The van der Waals surface area contributed by atoms with E-state index in [9.17, 15) is 13.2 Å². The van der Waals surface area contributed by atoms with E-state index in [0.29, 0.717) is 0 Å². The first-order valence-electron chi connectivity index (χ1n) is 3.05. The van der Waals surface area contributed by atoms with Gasteiger partial charge in [-0.15, -0.1) is 0 Å². The van der Waals surface area contributed by atoms with Crippen molar-refractivity contribution in [2.45, 2.75) is 12.6 Å². The van der Waals surface area contributed by atoms with Crippen LogP contribution in [0.15, 0.2) is 28.9 Å². The SMILES string of the molecule is FC(F)(F)C1=CN=CC=CC1. The minimum Gasteiger partial charge on any atom is -0.264 e. The average Bonchev–Trinajstić information content (AvgIpc) is 2.10. The molecule has 0 aromatic heterocycles. The van der Waals surface area contributed by atoms with Gasteiger partial charge in [0.15, 0.2) is 0 Å². The summed E-state index contributed by atoms with van der Waals surface area (Å²) in [5.74, 6) is 0. The number of aliphatic imine (C=N–C) groups is 1. The van der Waals surface area contributed by atoms with Crippen molar-refractivity contribution in [2.75, 3.05) is 0 Å². The molecule has 0 atom stereocenters. The first-order chi connectivity index (χ1) is 5.11. The molecule has 0 unspecified atom stereocenters. The molecule has 0 saturated heterocycles. The van der Waals surface area contributed by atoms with E-state index in [1.54, 1.807) is 0 Å². The van der Waals surface area contributed by atoms with Gasteiger partial charge in [-0.1, -0.05) is 6.08 Å². The van der Waals surface area contributed by atoms with Crippen LogP contribution in [0.25, 0.3) is 0 Å². The molecule has 0 radical (unpaired) electrons. The Morgan fingerprint density at radius 2 is 2.09 bits per heavy atom. The normalized spacial score (nSPS) is 17.9. The zero-order valence-corrected chi connectivity index (χ0v) is 5.60. The third-order valence-corrected chi connectivity index (χ3v) is 1.24. The molecule has 0 N–H and O–H groups in total. The van der Waals surface area contributed by atoms with Gasteiger partial charge in [-0.2, -0.15) is 13.2 Å². The molecule has 1 rings (SSSR count). The molecular weight excluding hydrogens is 155 g/mol. The fourth-order valence-corrected chi connectivity index (χ4v) is 0.680. The molecule has 0 fully saturated rings. The molecule has 1 aliphatic rings.